The first-order valence-electron chi connectivity index (χ1n) is 9.39. The van der Waals surface area contributed by atoms with Crippen LogP contribution < -0.4 is 10.2 Å². The minimum absolute atomic E-state index is 0.130. The number of non-ortho nitro benzene ring substituents is 1. The normalized spacial score (nSPS) is 14.2. The molecule has 28 heavy (non-hydrogen) atoms. The average molecular weight is 384 g/mol. The topological polar surface area (TPSA) is 97.6 Å². The van der Waals surface area contributed by atoms with Crippen LogP contribution in [0.3, 0.4) is 0 Å². The molecule has 3 rings (SSSR count). The van der Waals surface area contributed by atoms with Gasteiger partial charge in [0.15, 0.2) is 0 Å². The van der Waals surface area contributed by atoms with E-state index in [1.165, 1.54) is 51.0 Å². The fraction of sp³-hybridized carbons (Fsp3) is 0.400. The molecule has 2 heterocycles. The number of esters is 1. The molecular formula is C20H24N4O4. The first-order chi connectivity index (χ1) is 13.6. The maximum absolute atomic E-state index is 12.0. The molecule has 8 nitrogen and oxygen atoms in total. The SMILES string of the molecule is COC(=O)c1cc([N+](=O)[O-])ccc1NCc1ccc(N2CCCCCC2)nc1. The van der Waals surface area contributed by atoms with Gasteiger partial charge in [-0.25, -0.2) is 9.78 Å². The Morgan fingerprint density at radius 2 is 1.96 bits per heavy atom. The van der Waals surface area contributed by atoms with Crippen molar-refractivity contribution in [2.45, 2.75) is 32.2 Å². The van der Waals surface area contributed by atoms with Crippen LogP contribution in [0.15, 0.2) is 36.5 Å². The number of ether oxygens (including phenoxy) is 1. The number of rotatable bonds is 6. The summed E-state index contributed by atoms with van der Waals surface area (Å²) in [6, 6.07) is 8.11. The molecule has 1 saturated heterocycles. The highest BCUT2D eigenvalue weighted by Gasteiger charge is 2.17. The van der Waals surface area contributed by atoms with Crippen LogP contribution >= 0.6 is 0 Å². The van der Waals surface area contributed by atoms with E-state index < -0.39 is 10.9 Å². The van der Waals surface area contributed by atoms with Gasteiger partial charge in [0, 0.05) is 43.7 Å². The predicted octanol–water partition coefficient (Wildman–Crippen LogP) is 3.77. The Kier molecular flexibility index (Phi) is 6.41. The summed E-state index contributed by atoms with van der Waals surface area (Å²) in [5.41, 5.74) is 1.40. The van der Waals surface area contributed by atoms with Gasteiger partial charge in [-0.05, 0) is 30.5 Å². The molecule has 1 aliphatic rings. The van der Waals surface area contributed by atoms with Crippen LogP contribution in [-0.2, 0) is 11.3 Å². The van der Waals surface area contributed by atoms with E-state index in [1.54, 1.807) is 0 Å². The van der Waals surface area contributed by atoms with E-state index in [0.717, 1.165) is 24.5 Å². The molecule has 148 valence electrons. The Labute approximate surface area is 163 Å². The lowest BCUT2D eigenvalue weighted by atomic mass is 10.1. The summed E-state index contributed by atoms with van der Waals surface area (Å²) >= 11 is 0. The van der Waals surface area contributed by atoms with E-state index >= 15 is 0 Å². The number of carbonyl (C=O) groups excluding carboxylic acids is 1. The zero-order chi connectivity index (χ0) is 19.9. The van der Waals surface area contributed by atoms with Gasteiger partial charge in [0.25, 0.3) is 5.69 Å². The van der Waals surface area contributed by atoms with Crippen molar-refractivity contribution in [2.24, 2.45) is 0 Å². The van der Waals surface area contributed by atoms with Crippen molar-refractivity contribution in [2.75, 3.05) is 30.4 Å². The lowest BCUT2D eigenvalue weighted by Crippen LogP contribution is -2.24. The highest BCUT2D eigenvalue weighted by molar-refractivity contribution is 5.96. The van der Waals surface area contributed by atoms with E-state index in [4.69, 9.17) is 4.74 Å². The molecule has 1 fully saturated rings. The molecular weight excluding hydrogens is 360 g/mol. The third-order valence-electron chi connectivity index (χ3n) is 4.84. The summed E-state index contributed by atoms with van der Waals surface area (Å²) in [6.45, 7) is 2.51. The smallest absolute Gasteiger partial charge is 0.340 e. The Bertz CT molecular complexity index is 831. The fourth-order valence-electron chi connectivity index (χ4n) is 3.28. The van der Waals surface area contributed by atoms with Gasteiger partial charge in [0.05, 0.1) is 17.6 Å². The number of nitro benzene ring substituents is 1. The van der Waals surface area contributed by atoms with Gasteiger partial charge in [-0.2, -0.15) is 0 Å². The predicted molar refractivity (Wildman–Crippen MR) is 107 cm³/mol. The number of nitro groups is 1. The first kappa shape index (κ1) is 19.6. The Morgan fingerprint density at radius 3 is 2.57 bits per heavy atom. The Morgan fingerprint density at radius 1 is 1.21 bits per heavy atom. The summed E-state index contributed by atoms with van der Waals surface area (Å²) in [6.07, 6.45) is 6.76. The van der Waals surface area contributed by atoms with E-state index in [0.29, 0.717) is 12.2 Å². The van der Waals surface area contributed by atoms with Crippen LogP contribution in [0.4, 0.5) is 17.2 Å². The highest BCUT2D eigenvalue weighted by atomic mass is 16.6. The summed E-state index contributed by atoms with van der Waals surface area (Å²) in [5, 5.41) is 14.1. The Balaban J connectivity index is 1.69. The van der Waals surface area contributed by atoms with Crippen molar-refractivity contribution < 1.29 is 14.5 Å². The maximum Gasteiger partial charge on any atom is 0.340 e. The van der Waals surface area contributed by atoms with Gasteiger partial charge in [-0.3, -0.25) is 10.1 Å². The number of hydrogen-bond donors (Lipinski definition) is 1. The lowest BCUT2D eigenvalue weighted by molar-refractivity contribution is -0.384. The van der Waals surface area contributed by atoms with Crippen LogP contribution in [0.5, 0.6) is 0 Å². The number of pyridine rings is 1. The summed E-state index contributed by atoms with van der Waals surface area (Å²) < 4.78 is 4.74. The number of hydrogen-bond acceptors (Lipinski definition) is 7. The largest absolute Gasteiger partial charge is 0.465 e. The van der Waals surface area contributed by atoms with Gasteiger partial charge >= 0.3 is 5.97 Å². The standard InChI is InChI=1S/C20H24N4O4/c1-28-20(25)17-12-16(24(26)27)7-8-18(17)21-13-15-6-9-19(22-14-15)23-10-4-2-3-5-11-23/h6-9,12,14,21H,2-5,10-11,13H2,1H3. The number of methoxy groups -OCH3 is 1. The van der Waals surface area contributed by atoms with Crippen molar-refractivity contribution in [3.63, 3.8) is 0 Å². The molecule has 0 bridgehead atoms. The number of nitrogens with one attached hydrogen (secondary N) is 1. The van der Waals surface area contributed by atoms with Crippen LogP contribution in [0, 0.1) is 10.1 Å². The van der Waals surface area contributed by atoms with Crippen molar-refractivity contribution >= 4 is 23.2 Å². The van der Waals surface area contributed by atoms with Crippen molar-refractivity contribution in [3.8, 4) is 0 Å². The minimum atomic E-state index is -0.624. The molecule has 0 amide bonds. The molecule has 1 aliphatic heterocycles. The Hall–Kier alpha value is -3.16. The second kappa shape index (κ2) is 9.16. The molecule has 0 atom stereocenters. The molecule has 1 aromatic heterocycles. The number of carbonyl (C=O) groups is 1. The second-order valence-electron chi connectivity index (χ2n) is 6.76. The van der Waals surface area contributed by atoms with Crippen molar-refractivity contribution in [1.29, 1.82) is 0 Å². The third-order valence-corrected chi connectivity index (χ3v) is 4.84. The van der Waals surface area contributed by atoms with Crippen molar-refractivity contribution in [1.82, 2.24) is 4.98 Å². The molecule has 0 spiro atoms. The van der Waals surface area contributed by atoms with Gasteiger partial charge in [0.2, 0.25) is 0 Å². The number of nitrogens with zero attached hydrogens (tertiary/aromatic N) is 3. The van der Waals surface area contributed by atoms with Crippen LogP contribution in [0.25, 0.3) is 0 Å². The monoisotopic (exact) mass is 384 g/mol. The van der Waals surface area contributed by atoms with Gasteiger partial charge < -0.3 is 15.0 Å². The fourth-order valence-corrected chi connectivity index (χ4v) is 3.28. The summed E-state index contributed by atoms with van der Waals surface area (Å²) in [5.74, 6) is 0.358. The van der Waals surface area contributed by atoms with Crippen LogP contribution in [0.1, 0.15) is 41.6 Å². The van der Waals surface area contributed by atoms with E-state index in [2.05, 4.69) is 15.2 Å². The minimum Gasteiger partial charge on any atom is -0.465 e. The van der Waals surface area contributed by atoms with E-state index in [1.807, 2.05) is 18.3 Å². The molecule has 0 aliphatic carbocycles. The van der Waals surface area contributed by atoms with Crippen molar-refractivity contribution in [3.05, 3.63) is 57.8 Å². The lowest BCUT2D eigenvalue weighted by Gasteiger charge is -2.21. The molecule has 0 saturated carbocycles. The summed E-state index contributed by atoms with van der Waals surface area (Å²) in [7, 11) is 1.25. The molecule has 8 heteroatoms. The maximum atomic E-state index is 12.0. The van der Waals surface area contributed by atoms with Crippen LogP contribution in [0.2, 0.25) is 0 Å². The molecule has 1 N–H and O–H groups in total. The van der Waals surface area contributed by atoms with Crippen LogP contribution in [-0.4, -0.2) is 36.1 Å². The number of benzene rings is 1. The molecule has 0 unspecified atom stereocenters. The highest BCUT2D eigenvalue weighted by Crippen LogP contribution is 2.24. The molecule has 0 radical (unpaired) electrons. The average Bonchev–Trinajstić information content (AvgIpc) is 3.01. The second-order valence-corrected chi connectivity index (χ2v) is 6.76. The van der Waals surface area contributed by atoms with E-state index in [9.17, 15) is 14.9 Å². The van der Waals surface area contributed by atoms with E-state index in [-0.39, 0.29) is 11.3 Å². The number of anilines is 2. The van der Waals surface area contributed by atoms with Gasteiger partial charge in [0.1, 0.15) is 5.82 Å². The summed E-state index contributed by atoms with van der Waals surface area (Å²) in [4.78, 5) is 29.3. The zero-order valence-corrected chi connectivity index (χ0v) is 15.9. The molecule has 1 aromatic carbocycles. The quantitative estimate of drug-likeness (QED) is 0.460. The first-order valence-corrected chi connectivity index (χ1v) is 9.39. The van der Waals surface area contributed by atoms with Gasteiger partial charge in [-0.15, -0.1) is 0 Å². The molecule has 2 aromatic rings. The third kappa shape index (κ3) is 4.76. The van der Waals surface area contributed by atoms with Gasteiger partial charge in [-0.1, -0.05) is 18.9 Å². The zero-order valence-electron chi connectivity index (χ0n) is 15.9. The number of aromatic nitrogens is 1.